The summed E-state index contributed by atoms with van der Waals surface area (Å²) in [5.41, 5.74) is 2.55. The highest BCUT2D eigenvalue weighted by atomic mass is 16.7. The number of phenols is 1. The molecule has 0 saturated heterocycles. The molecule has 1 N–H and O–H groups in total. The molecule has 0 aliphatic carbocycles. The lowest BCUT2D eigenvalue weighted by atomic mass is 9.99. The first-order valence-corrected chi connectivity index (χ1v) is 4.94. The molecule has 0 saturated carbocycles. The summed E-state index contributed by atoms with van der Waals surface area (Å²) in [5, 5.41) is 9.69. The summed E-state index contributed by atoms with van der Waals surface area (Å²) < 4.78 is 9.53. The third-order valence-corrected chi connectivity index (χ3v) is 2.58. The van der Waals surface area contributed by atoms with Crippen molar-refractivity contribution >= 4 is 5.97 Å². The molecule has 0 atom stereocenters. The van der Waals surface area contributed by atoms with Gasteiger partial charge in [-0.25, -0.2) is 4.79 Å². The molecule has 0 unspecified atom stereocenters. The third kappa shape index (κ3) is 2.33. The molecule has 0 aromatic heterocycles. The molecule has 1 aromatic carbocycles. The van der Waals surface area contributed by atoms with Crippen LogP contribution >= 0.6 is 0 Å². The average Bonchev–Trinajstić information content (AvgIpc) is 2.28. The number of hydrogen-bond acceptors (Lipinski definition) is 4. The number of hydrogen-bond donors (Lipinski definition) is 1. The van der Waals surface area contributed by atoms with Crippen molar-refractivity contribution in [3.05, 3.63) is 28.3 Å². The van der Waals surface area contributed by atoms with Gasteiger partial charge in [-0.3, -0.25) is 0 Å². The molecule has 0 aliphatic rings. The first-order chi connectivity index (χ1) is 7.49. The van der Waals surface area contributed by atoms with E-state index in [1.165, 1.54) is 7.11 Å². The number of rotatable bonds is 3. The Balaban J connectivity index is 3.10. The first kappa shape index (κ1) is 12.5. The van der Waals surface area contributed by atoms with Crippen LogP contribution in [0.3, 0.4) is 0 Å². The minimum absolute atomic E-state index is 0.0722. The smallest absolute Gasteiger partial charge is 0.340 e. The maximum atomic E-state index is 11.7. The fraction of sp³-hybridized carbons (Fsp3) is 0.417. The first-order valence-electron chi connectivity index (χ1n) is 4.94. The van der Waals surface area contributed by atoms with Gasteiger partial charge in [-0.2, -0.15) is 0 Å². The summed E-state index contributed by atoms with van der Waals surface area (Å²) >= 11 is 0. The van der Waals surface area contributed by atoms with Gasteiger partial charge in [0, 0.05) is 7.11 Å². The van der Waals surface area contributed by atoms with Gasteiger partial charge in [0.15, 0.2) is 6.79 Å². The van der Waals surface area contributed by atoms with Crippen molar-refractivity contribution in [2.45, 2.75) is 20.8 Å². The summed E-state index contributed by atoms with van der Waals surface area (Å²) in [4.78, 5) is 11.7. The lowest BCUT2D eigenvalue weighted by Gasteiger charge is -2.12. The van der Waals surface area contributed by atoms with Crippen molar-refractivity contribution < 1.29 is 19.4 Å². The summed E-state index contributed by atoms with van der Waals surface area (Å²) in [6.07, 6.45) is 0. The molecule has 0 bridgehead atoms. The SMILES string of the molecule is COCOC(=O)c1cc(C)c(O)c(C)c1C. The zero-order chi connectivity index (χ0) is 12.3. The normalized spacial score (nSPS) is 10.2. The van der Waals surface area contributed by atoms with E-state index in [1.54, 1.807) is 26.8 Å². The van der Waals surface area contributed by atoms with Crippen LogP contribution in [0.25, 0.3) is 0 Å². The molecule has 0 amide bonds. The zero-order valence-corrected chi connectivity index (χ0v) is 9.96. The monoisotopic (exact) mass is 224 g/mol. The number of ether oxygens (including phenoxy) is 2. The van der Waals surface area contributed by atoms with Crippen LogP contribution in [0.2, 0.25) is 0 Å². The summed E-state index contributed by atoms with van der Waals surface area (Å²) in [6.45, 7) is 5.22. The van der Waals surface area contributed by atoms with Crippen molar-refractivity contribution in [3.63, 3.8) is 0 Å². The van der Waals surface area contributed by atoms with E-state index < -0.39 is 5.97 Å². The van der Waals surface area contributed by atoms with Crippen molar-refractivity contribution in [2.24, 2.45) is 0 Å². The number of esters is 1. The van der Waals surface area contributed by atoms with Gasteiger partial charge in [0.05, 0.1) is 5.56 Å². The van der Waals surface area contributed by atoms with E-state index in [-0.39, 0.29) is 12.5 Å². The highest BCUT2D eigenvalue weighted by molar-refractivity contribution is 5.92. The van der Waals surface area contributed by atoms with Crippen LogP contribution in [0.4, 0.5) is 0 Å². The van der Waals surface area contributed by atoms with Gasteiger partial charge in [0.1, 0.15) is 5.75 Å². The number of methoxy groups -OCH3 is 1. The molecule has 0 fully saturated rings. The van der Waals surface area contributed by atoms with E-state index >= 15 is 0 Å². The molecule has 1 rings (SSSR count). The maximum Gasteiger partial charge on any atom is 0.340 e. The molecule has 88 valence electrons. The maximum absolute atomic E-state index is 11.7. The minimum Gasteiger partial charge on any atom is -0.507 e. The predicted octanol–water partition coefficient (Wildman–Crippen LogP) is 2.08. The Labute approximate surface area is 94.8 Å². The molecule has 16 heavy (non-hydrogen) atoms. The number of benzene rings is 1. The molecule has 0 spiro atoms. The Bertz CT molecular complexity index is 410. The topological polar surface area (TPSA) is 55.8 Å². The molecule has 0 aliphatic heterocycles. The lowest BCUT2D eigenvalue weighted by molar-refractivity contribution is -0.0125. The minimum atomic E-state index is -0.439. The number of aromatic hydroxyl groups is 1. The highest BCUT2D eigenvalue weighted by Gasteiger charge is 2.15. The second-order valence-corrected chi connectivity index (χ2v) is 3.68. The van der Waals surface area contributed by atoms with E-state index in [0.717, 1.165) is 5.56 Å². The number of carbonyl (C=O) groups is 1. The van der Waals surface area contributed by atoms with Crippen molar-refractivity contribution in [1.29, 1.82) is 0 Å². The van der Waals surface area contributed by atoms with Gasteiger partial charge in [-0.15, -0.1) is 0 Å². The molecule has 1 aromatic rings. The second kappa shape index (κ2) is 4.99. The Hall–Kier alpha value is -1.55. The van der Waals surface area contributed by atoms with E-state index in [9.17, 15) is 9.90 Å². The van der Waals surface area contributed by atoms with Crippen LogP contribution in [0.15, 0.2) is 6.07 Å². The van der Waals surface area contributed by atoms with Gasteiger partial charge in [0.25, 0.3) is 0 Å². The lowest BCUT2D eigenvalue weighted by Crippen LogP contribution is -2.10. The predicted molar refractivity (Wildman–Crippen MR) is 59.6 cm³/mol. The van der Waals surface area contributed by atoms with Crippen LogP contribution < -0.4 is 0 Å². The van der Waals surface area contributed by atoms with Crippen LogP contribution in [0.5, 0.6) is 5.75 Å². The van der Waals surface area contributed by atoms with E-state index in [1.807, 2.05) is 0 Å². The quantitative estimate of drug-likeness (QED) is 0.631. The van der Waals surface area contributed by atoms with Crippen LogP contribution in [-0.2, 0) is 9.47 Å². The number of phenolic OH excluding ortho intramolecular Hbond substituents is 1. The summed E-state index contributed by atoms with van der Waals surface area (Å²) in [7, 11) is 1.45. The fourth-order valence-electron chi connectivity index (χ4n) is 1.47. The summed E-state index contributed by atoms with van der Waals surface area (Å²) in [6, 6.07) is 1.62. The third-order valence-electron chi connectivity index (χ3n) is 2.58. The van der Waals surface area contributed by atoms with Gasteiger partial charge in [-0.05, 0) is 43.5 Å². The fourth-order valence-corrected chi connectivity index (χ4v) is 1.47. The Kier molecular flexibility index (Phi) is 3.90. The van der Waals surface area contributed by atoms with Crippen LogP contribution in [-0.4, -0.2) is 25.0 Å². The number of carbonyl (C=O) groups excluding carboxylic acids is 1. The summed E-state index contributed by atoms with van der Waals surface area (Å²) in [5.74, 6) is -0.216. The number of aryl methyl sites for hydroxylation is 1. The van der Waals surface area contributed by atoms with E-state index in [2.05, 4.69) is 4.74 Å². The van der Waals surface area contributed by atoms with Gasteiger partial charge in [0.2, 0.25) is 0 Å². The molecule has 0 radical (unpaired) electrons. The molecular formula is C12H16O4. The molecule has 0 heterocycles. The van der Waals surface area contributed by atoms with Crippen molar-refractivity contribution in [3.8, 4) is 5.75 Å². The Morgan fingerprint density at radius 1 is 1.31 bits per heavy atom. The van der Waals surface area contributed by atoms with E-state index in [0.29, 0.717) is 16.7 Å². The molecule has 4 nitrogen and oxygen atoms in total. The van der Waals surface area contributed by atoms with Gasteiger partial charge < -0.3 is 14.6 Å². The second-order valence-electron chi connectivity index (χ2n) is 3.68. The van der Waals surface area contributed by atoms with Crippen LogP contribution in [0, 0.1) is 20.8 Å². The van der Waals surface area contributed by atoms with Gasteiger partial charge >= 0.3 is 5.97 Å². The molecule has 4 heteroatoms. The highest BCUT2D eigenvalue weighted by Crippen LogP contribution is 2.27. The Morgan fingerprint density at radius 2 is 1.94 bits per heavy atom. The Morgan fingerprint density at radius 3 is 2.50 bits per heavy atom. The largest absolute Gasteiger partial charge is 0.507 e. The van der Waals surface area contributed by atoms with Crippen molar-refractivity contribution in [2.75, 3.05) is 13.9 Å². The zero-order valence-electron chi connectivity index (χ0n) is 9.96. The van der Waals surface area contributed by atoms with E-state index in [4.69, 9.17) is 4.74 Å². The molecular weight excluding hydrogens is 208 g/mol. The standard InChI is InChI=1S/C12H16O4/c1-7-5-10(12(14)16-6-15-4)8(2)9(3)11(7)13/h5,13H,6H2,1-4H3. The van der Waals surface area contributed by atoms with Crippen LogP contribution in [0.1, 0.15) is 27.0 Å². The van der Waals surface area contributed by atoms with Crippen molar-refractivity contribution in [1.82, 2.24) is 0 Å². The average molecular weight is 224 g/mol. The van der Waals surface area contributed by atoms with Gasteiger partial charge in [-0.1, -0.05) is 0 Å².